The Bertz CT molecular complexity index is 309. The topological polar surface area (TPSA) is 60.9 Å². The molecule has 0 bridgehead atoms. The molecule has 14 heavy (non-hydrogen) atoms. The zero-order valence-corrected chi connectivity index (χ0v) is 9.46. The molecule has 80 valence electrons. The summed E-state index contributed by atoms with van der Waals surface area (Å²) in [6.07, 6.45) is 3.65. The van der Waals surface area contributed by atoms with Crippen LogP contribution in [0.25, 0.3) is 0 Å². The minimum atomic E-state index is -0.817. The summed E-state index contributed by atoms with van der Waals surface area (Å²) in [5.41, 5.74) is 5.56. The lowest BCUT2D eigenvalue weighted by molar-refractivity contribution is 0.664. The molecule has 1 aromatic heterocycles. The summed E-state index contributed by atoms with van der Waals surface area (Å²) in [7, 11) is -0.817. The van der Waals surface area contributed by atoms with E-state index in [1.807, 2.05) is 24.6 Å². The van der Waals surface area contributed by atoms with Crippen molar-refractivity contribution in [3.63, 3.8) is 0 Å². The Morgan fingerprint density at radius 2 is 2.43 bits per heavy atom. The van der Waals surface area contributed by atoms with Gasteiger partial charge < -0.3 is 10.3 Å². The average molecular weight is 215 g/mol. The van der Waals surface area contributed by atoms with Crippen molar-refractivity contribution in [2.75, 3.05) is 11.5 Å². The van der Waals surface area contributed by atoms with Crippen LogP contribution < -0.4 is 5.73 Å². The molecule has 0 saturated heterocycles. The Labute approximate surface area is 87.0 Å². The normalized spacial score (nSPS) is 15.4. The summed E-state index contributed by atoms with van der Waals surface area (Å²) in [4.78, 5) is 4.09. The lowest BCUT2D eigenvalue weighted by Crippen LogP contribution is -2.25. The monoisotopic (exact) mass is 215 g/mol. The number of hydrogen-bond acceptors (Lipinski definition) is 3. The quantitative estimate of drug-likeness (QED) is 0.768. The minimum absolute atomic E-state index is 0.0136. The van der Waals surface area contributed by atoms with Gasteiger partial charge in [-0.25, -0.2) is 4.98 Å². The van der Waals surface area contributed by atoms with E-state index in [0.29, 0.717) is 11.5 Å². The van der Waals surface area contributed by atoms with Gasteiger partial charge in [0.1, 0.15) is 5.82 Å². The first-order valence-corrected chi connectivity index (χ1v) is 6.16. The van der Waals surface area contributed by atoms with Gasteiger partial charge in [0.15, 0.2) is 0 Å². The highest BCUT2D eigenvalue weighted by Crippen LogP contribution is 1.96. The number of aromatic nitrogens is 2. The van der Waals surface area contributed by atoms with Crippen molar-refractivity contribution in [1.82, 2.24) is 9.55 Å². The van der Waals surface area contributed by atoms with Crippen molar-refractivity contribution in [3.8, 4) is 0 Å². The minimum Gasteiger partial charge on any atom is -0.334 e. The van der Waals surface area contributed by atoms with Crippen LogP contribution in [-0.4, -0.2) is 31.3 Å². The van der Waals surface area contributed by atoms with Gasteiger partial charge in [-0.05, 0) is 13.8 Å². The van der Waals surface area contributed by atoms with E-state index in [9.17, 15) is 4.21 Å². The molecule has 2 atom stereocenters. The van der Waals surface area contributed by atoms with Gasteiger partial charge in [-0.1, -0.05) is 0 Å². The molecule has 5 heteroatoms. The maximum Gasteiger partial charge on any atom is 0.105 e. The third-order valence-corrected chi connectivity index (χ3v) is 3.47. The van der Waals surface area contributed by atoms with Crippen molar-refractivity contribution in [2.24, 2.45) is 5.73 Å². The number of nitrogens with two attached hydrogens (primary N) is 1. The van der Waals surface area contributed by atoms with E-state index in [1.165, 1.54) is 0 Å². The SMILES string of the molecule is Cc1nccn1CCS(=O)CC(C)N. The summed E-state index contributed by atoms with van der Waals surface area (Å²) in [5, 5.41) is 0. The first-order valence-electron chi connectivity index (χ1n) is 4.68. The summed E-state index contributed by atoms with van der Waals surface area (Å²) < 4.78 is 13.5. The molecule has 0 aliphatic heterocycles. The summed E-state index contributed by atoms with van der Waals surface area (Å²) in [6, 6.07) is 0.0136. The van der Waals surface area contributed by atoms with Crippen LogP contribution in [0.5, 0.6) is 0 Å². The van der Waals surface area contributed by atoms with Gasteiger partial charge in [0, 0.05) is 47.3 Å². The van der Waals surface area contributed by atoms with Crippen molar-refractivity contribution >= 4 is 10.8 Å². The molecule has 0 aliphatic rings. The predicted octanol–water partition coefficient (Wildman–Crippen LogP) is 0.287. The molecule has 0 spiro atoms. The van der Waals surface area contributed by atoms with Crippen molar-refractivity contribution in [2.45, 2.75) is 26.4 Å². The molecular weight excluding hydrogens is 198 g/mol. The van der Waals surface area contributed by atoms with E-state index >= 15 is 0 Å². The van der Waals surface area contributed by atoms with E-state index in [0.717, 1.165) is 12.4 Å². The second kappa shape index (κ2) is 5.26. The molecule has 1 rings (SSSR count). The highest BCUT2D eigenvalue weighted by molar-refractivity contribution is 7.85. The van der Waals surface area contributed by atoms with E-state index in [1.54, 1.807) is 6.20 Å². The van der Waals surface area contributed by atoms with Crippen molar-refractivity contribution < 1.29 is 4.21 Å². The second-order valence-electron chi connectivity index (χ2n) is 3.46. The van der Waals surface area contributed by atoms with Crippen molar-refractivity contribution in [3.05, 3.63) is 18.2 Å². The zero-order chi connectivity index (χ0) is 10.6. The van der Waals surface area contributed by atoms with Gasteiger partial charge in [0.05, 0.1) is 0 Å². The smallest absolute Gasteiger partial charge is 0.105 e. The van der Waals surface area contributed by atoms with Gasteiger partial charge >= 0.3 is 0 Å². The predicted molar refractivity (Wildman–Crippen MR) is 58.5 cm³/mol. The molecular formula is C9H17N3OS. The molecule has 0 aromatic carbocycles. The number of aryl methyl sites for hydroxylation is 2. The molecule has 0 amide bonds. The first kappa shape index (κ1) is 11.4. The number of imidazole rings is 1. The van der Waals surface area contributed by atoms with Crippen LogP contribution in [-0.2, 0) is 17.3 Å². The number of rotatable bonds is 5. The fraction of sp³-hybridized carbons (Fsp3) is 0.667. The molecule has 0 radical (unpaired) electrons. The van der Waals surface area contributed by atoms with Crippen LogP contribution in [0.4, 0.5) is 0 Å². The van der Waals surface area contributed by atoms with Crippen LogP contribution in [0.15, 0.2) is 12.4 Å². The summed E-state index contributed by atoms with van der Waals surface area (Å²) in [6.45, 7) is 4.57. The maximum atomic E-state index is 11.5. The average Bonchev–Trinajstić information content (AvgIpc) is 2.46. The molecule has 0 saturated carbocycles. The second-order valence-corrected chi connectivity index (χ2v) is 5.08. The van der Waals surface area contributed by atoms with E-state index in [-0.39, 0.29) is 6.04 Å². The van der Waals surface area contributed by atoms with Gasteiger partial charge in [0.2, 0.25) is 0 Å². The highest BCUT2D eigenvalue weighted by atomic mass is 32.2. The van der Waals surface area contributed by atoms with Crippen LogP contribution >= 0.6 is 0 Å². The number of hydrogen-bond donors (Lipinski definition) is 1. The standard InChI is InChI=1S/C9H17N3OS/c1-8(10)7-14(13)6-5-12-4-3-11-9(12)2/h3-4,8H,5-7,10H2,1-2H3. The fourth-order valence-corrected chi connectivity index (χ4v) is 2.37. The van der Waals surface area contributed by atoms with Crippen LogP contribution in [0, 0.1) is 6.92 Å². The van der Waals surface area contributed by atoms with Gasteiger partial charge in [-0.2, -0.15) is 0 Å². The molecule has 2 unspecified atom stereocenters. The van der Waals surface area contributed by atoms with Gasteiger partial charge in [0.25, 0.3) is 0 Å². The first-order chi connectivity index (χ1) is 6.59. The van der Waals surface area contributed by atoms with E-state index in [4.69, 9.17) is 5.73 Å². The molecule has 0 aliphatic carbocycles. The third kappa shape index (κ3) is 3.59. The van der Waals surface area contributed by atoms with Crippen molar-refractivity contribution in [1.29, 1.82) is 0 Å². The highest BCUT2D eigenvalue weighted by Gasteiger charge is 2.04. The van der Waals surface area contributed by atoms with Crippen LogP contribution in [0.2, 0.25) is 0 Å². The number of nitrogens with zero attached hydrogens (tertiary/aromatic N) is 2. The zero-order valence-electron chi connectivity index (χ0n) is 8.64. The van der Waals surface area contributed by atoms with Gasteiger partial charge in [-0.15, -0.1) is 0 Å². The fourth-order valence-electron chi connectivity index (χ4n) is 1.22. The molecule has 1 aromatic rings. The molecule has 4 nitrogen and oxygen atoms in total. The van der Waals surface area contributed by atoms with Crippen LogP contribution in [0.3, 0.4) is 0 Å². The molecule has 1 heterocycles. The van der Waals surface area contributed by atoms with Crippen LogP contribution in [0.1, 0.15) is 12.7 Å². The Morgan fingerprint density at radius 3 is 2.93 bits per heavy atom. The van der Waals surface area contributed by atoms with E-state index in [2.05, 4.69) is 4.98 Å². The lowest BCUT2D eigenvalue weighted by Gasteiger charge is -2.06. The molecule has 2 N–H and O–H groups in total. The summed E-state index contributed by atoms with van der Waals surface area (Å²) in [5.74, 6) is 2.19. The largest absolute Gasteiger partial charge is 0.334 e. The molecule has 0 fully saturated rings. The summed E-state index contributed by atoms with van der Waals surface area (Å²) >= 11 is 0. The third-order valence-electron chi connectivity index (χ3n) is 1.93. The maximum absolute atomic E-state index is 11.5. The lowest BCUT2D eigenvalue weighted by atomic mass is 10.4. The van der Waals surface area contributed by atoms with Gasteiger partial charge in [-0.3, -0.25) is 4.21 Å². The van der Waals surface area contributed by atoms with E-state index < -0.39 is 10.8 Å². The Morgan fingerprint density at radius 1 is 1.71 bits per heavy atom. The Hall–Kier alpha value is -0.680. The Balaban J connectivity index is 2.34. The Kier molecular flexibility index (Phi) is 4.28.